The van der Waals surface area contributed by atoms with Gasteiger partial charge in [-0.3, -0.25) is 9.40 Å². The van der Waals surface area contributed by atoms with Gasteiger partial charge in [-0.1, -0.05) is 6.92 Å². The lowest BCUT2D eigenvalue weighted by atomic mass is 10.3. The number of aryl methyl sites for hydroxylation is 2. The molecule has 0 aliphatic heterocycles. The van der Waals surface area contributed by atoms with Crippen LogP contribution in [-0.2, 0) is 26.9 Å². The number of aromatic nitrogens is 3. The zero-order valence-corrected chi connectivity index (χ0v) is 17.8. The third kappa shape index (κ3) is 3.71. The highest BCUT2D eigenvalue weighted by atomic mass is 32.2. The maximum Gasteiger partial charge on any atom is 0.265 e. The van der Waals surface area contributed by atoms with Gasteiger partial charge in [0.05, 0.1) is 33.0 Å². The summed E-state index contributed by atoms with van der Waals surface area (Å²) in [4.78, 5) is 4.31. The summed E-state index contributed by atoms with van der Waals surface area (Å²) in [6.45, 7) is 5.12. The minimum atomic E-state index is -3.82. The van der Waals surface area contributed by atoms with E-state index in [2.05, 4.69) is 14.8 Å². The molecule has 0 fully saturated rings. The van der Waals surface area contributed by atoms with Crippen LogP contribution in [0.25, 0.3) is 10.2 Å². The zero-order valence-electron chi connectivity index (χ0n) is 15.3. The van der Waals surface area contributed by atoms with Crippen LogP contribution in [0.15, 0.2) is 27.4 Å². The van der Waals surface area contributed by atoms with E-state index in [9.17, 15) is 16.8 Å². The smallest absolute Gasteiger partial charge is 0.265 e. The van der Waals surface area contributed by atoms with Crippen molar-refractivity contribution in [3.8, 4) is 0 Å². The van der Waals surface area contributed by atoms with Crippen molar-refractivity contribution < 1.29 is 16.8 Å². The first kappa shape index (κ1) is 19.8. The van der Waals surface area contributed by atoms with Crippen molar-refractivity contribution in [3.05, 3.63) is 29.6 Å². The van der Waals surface area contributed by atoms with E-state index in [0.717, 1.165) is 11.3 Å². The molecule has 146 valence electrons. The lowest BCUT2D eigenvalue weighted by Crippen LogP contribution is -2.14. The molecule has 0 spiro atoms. The van der Waals surface area contributed by atoms with Crippen molar-refractivity contribution in [2.24, 2.45) is 7.05 Å². The molecular formula is C16H20N4O4S3. The number of nitrogens with one attached hydrogen (secondary N) is 1. The van der Waals surface area contributed by atoms with E-state index in [1.54, 1.807) is 46.0 Å². The highest BCUT2D eigenvalue weighted by Crippen LogP contribution is 2.30. The molecule has 0 saturated carbocycles. The van der Waals surface area contributed by atoms with Crippen LogP contribution in [0.5, 0.6) is 0 Å². The average Bonchev–Trinajstić information content (AvgIpc) is 3.08. The Kier molecular flexibility index (Phi) is 5.04. The fraction of sp³-hybridized carbons (Fsp3) is 0.375. The molecule has 27 heavy (non-hydrogen) atoms. The van der Waals surface area contributed by atoms with Crippen molar-refractivity contribution >= 4 is 47.1 Å². The highest BCUT2D eigenvalue weighted by molar-refractivity contribution is 7.93. The van der Waals surface area contributed by atoms with Gasteiger partial charge >= 0.3 is 0 Å². The second-order valence-corrected chi connectivity index (χ2v) is 11.1. The van der Waals surface area contributed by atoms with E-state index in [4.69, 9.17) is 0 Å². The largest absolute Gasteiger partial charge is 0.279 e. The van der Waals surface area contributed by atoms with Crippen molar-refractivity contribution in [2.45, 2.75) is 36.4 Å². The first-order valence-corrected chi connectivity index (χ1v) is 12.2. The van der Waals surface area contributed by atoms with Crippen molar-refractivity contribution in [3.63, 3.8) is 0 Å². The van der Waals surface area contributed by atoms with Crippen molar-refractivity contribution in [1.82, 2.24) is 14.8 Å². The van der Waals surface area contributed by atoms with E-state index in [1.165, 1.54) is 4.68 Å². The molecule has 0 amide bonds. The Balaban J connectivity index is 1.98. The van der Waals surface area contributed by atoms with Crippen LogP contribution in [0.2, 0.25) is 0 Å². The molecule has 8 nitrogen and oxygen atoms in total. The van der Waals surface area contributed by atoms with Crippen LogP contribution in [0.1, 0.15) is 24.7 Å². The third-order valence-corrected chi connectivity index (χ3v) is 9.10. The molecule has 1 aromatic carbocycles. The van der Waals surface area contributed by atoms with E-state index in [-0.39, 0.29) is 15.0 Å². The quantitative estimate of drug-likeness (QED) is 0.646. The Hall–Kier alpha value is -1.98. The fourth-order valence-electron chi connectivity index (χ4n) is 2.81. The molecule has 0 unspecified atom stereocenters. The highest BCUT2D eigenvalue weighted by Gasteiger charge is 2.24. The van der Waals surface area contributed by atoms with E-state index < -0.39 is 19.9 Å². The Labute approximate surface area is 162 Å². The number of hydrogen-bond acceptors (Lipinski definition) is 7. The first-order valence-electron chi connectivity index (χ1n) is 8.21. The predicted octanol–water partition coefficient (Wildman–Crippen LogP) is 2.63. The minimum absolute atomic E-state index is 0.0336. The molecule has 0 saturated heterocycles. The molecule has 3 aromatic rings. The second kappa shape index (κ2) is 6.88. The number of thiazole rings is 1. The molecule has 2 aromatic heterocycles. The van der Waals surface area contributed by atoms with Gasteiger partial charge in [0.15, 0.2) is 0 Å². The van der Waals surface area contributed by atoms with Gasteiger partial charge in [-0.2, -0.15) is 5.10 Å². The van der Waals surface area contributed by atoms with Gasteiger partial charge in [0, 0.05) is 7.05 Å². The van der Waals surface area contributed by atoms with Gasteiger partial charge in [0.1, 0.15) is 4.90 Å². The monoisotopic (exact) mass is 428 g/mol. The minimum Gasteiger partial charge on any atom is -0.279 e. The summed E-state index contributed by atoms with van der Waals surface area (Å²) in [7, 11) is -5.55. The number of anilines is 1. The number of hydrogen-bond donors (Lipinski definition) is 1. The normalized spacial score (nSPS) is 12.6. The zero-order chi connectivity index (χ0) is 20.0. The molecule has 0 bridgehead atoms. The summed E-state index contributed by atoms with van der Waals surface area (Å²) in [5, 5.41) is 4.14. The first-order chi connectivity index (χ1) is 12.5. The Morgan fingerprint density at radius 2 is 1.89 bits per heavy atom. The lowest BCUT2D eigenvalue weighted by Gasteiger charge is -2.08. The molecule has 0 aliphatic carbocycles. The van der Waals surface area contributed by atoms with E-state index in [0.29, 0.717) is 33.7 Å². The van der Waals surface area contributed by atoms with Gasteiger partial charge in [-0.05, 0) is 38.5 Å². The third-order valence-electron chi connectivity index (χ3n) is 4.07. The second-order valence-electron chi connectivity index (χ2n) is 6.21. The SMILES string of the molecule is CCCS(=O)(=O)c1nc2ccc(NS(=O)(=O)c3c(C)nn(C)c3C)cc2s1. The van der Waals surface area contributed by atoms with Gasteiger partial charge in [-0.15, -0.1) is 11.3 Å². The Bertz CT molecular complexity index is 1220. The van der Waals surface area contributed by atoms with Gasteiger partial charge < -0.3 is 0 Å². The van der Waals surface area contributed by atoms with Crippen LogP contribution < -0.4 is 4.72 Å². The van der Waals surface area contributed by atoms with Gasteiger partial charge in [0.2, 0.25) is 14.2 Å². The fourth-order valence-corrected chi connectivity index (χ4v) is 7.01. The van der Waals surface area contributed by atoms with Gasteiger partial charge in [-0.25, -0.2) is 21.8 Å². The predicted molar refractivity (Wildman–Crippen MR) is 105 cm³/mol. The summed E-state index contributed by atoms with van der Waals surface area (Å²) < 4.78 is 54.7. The summed E-state index contributed by atoms with van der Waals surface area (Å²) in [5.74, 6) is 0.0336. The summed E-state index contributed by atoms with van der Waals surface area (Å²) in [5.41, 5.74) is 1.81. The van der Waals surface area contributed by atoms with Crippen molar-refractivity contribution in [2.75, 3.05) is 10.5 Å². The van der Waals surface area contributed by atoms with Crippen molar-refractivity contribution in [1.29, 1.82) is 0 Å². The standard InChI is InChI=1S/C16H20N4O4S3/c1-5-8-26(21,22)16-17-13-7-6-12(9-14(13)25-16)19-27(23,24)15-10(2)18-20(4)11(15)3/h6-7,9,19H,5,8H2,1-4H3. The number of sulfone groups is 1. The van der Waals surface area contributed by atoms with Crippen LogP contribution in [-0.4, -0.2) is 37.4 Å². The topological polar surface area (TPSA) is 111 Å². The maximum absolute atomic E-state index is 12.8. The van der Waals surface area contributed by atoms with Gasteiger partial charge in [0.25, 0.3) is 10.0 Å². The molecule has 11 heteroatoms. The maximum atomic E-state index is 12.8. The summed E-state index contributed by atoms with van der Waals surface area (Å²) in [6, 6.07) is 4.77. The number of benzene rings is 1. The Morgan fingerprint density at radius 1 is 1.19 bits per heavy atom. The number of nitrogens with zero attached hydrogens (tertiary/aromatic N) is 3. The Morgan fingerprint density at radius 3 is 2.48 bits per heavy atom. The number of rotatable bonds is 6. The lowest BCUT2D eigenvalue weighted by molar-refractivity contribution is 0.593. The molecule has 0 aliphatic rings. The van der Waals surface area contributed by atoms with Crippen LogP contribution in [0.3, 0.4) is 0 Å². The number of sulfonamides is 1. The van der Waals surface area contributed by atoms with Crippen LogP contribution in [0, 0.1) is 13.8 Å². The van der Waals surface area contributed by atoms with Crippen LogP contribution in [0.4, 0.5) is 5.69 Å². The molecule has 3 rings (SSSR count). The molecular weight excluding hydrogens is 408 g/mol. The average molecular weight is 429 g/mol. The molecule has 2 heterocycles. The summed E-state index contributed by atoms with van der Waals surface area (Å²) >= 11 is 1.04. The van der Waals surface area contributed by atoms with Crippen LogP contribution >= 0.6 is 11.3 Å². The van der Waals surface area contributed by atoms with E-state index >= 15 is 0 Å². The van der Waals surface area contributed by atoms with E-state index in [1.807, 2.05) is 0 Å². The molecule has 0 atom stereocenters. The molecule has 1 N–H and O–H groups in total. The molecule has 0 radical (unpaired) electrons. The summed E-state index contributed by atoms with van der Waals surface area (Å²) in [6.07, 6.45) is 0.507. The number of fused-ring (bicyclic) bond motifs is 1.